The van der Waals surface area contributed by atoms with Crippen LogP contribution < -0.4 is 10.1 Å². The van der Waals surface area contributed by atoms with Crippen molar-refractivity contribution in [1.82, 2.24) is 5.32 Å². The normalized spacial score (nSPS) is 17.0. The number of aldehydes is 1. The first-order valence-electron chi connectivity index (χ1n) is 7.63. The van der Waals surface area contributed by atoms with Gasteiger partial charge in [0.15, 0.2) is 12.4 Å². The second-order valence-corrected chi connectivity index (χ2v) is 5.76. The Balaban J connectivity index is 1.95. The lowest BCUT2D eigenvalue weighted by atomic mass is 9.95. The van der Waals surface area contributed by atoms with Crippen LogP contribution in [0.1, 0.15) is 54.9 Å². The fourth-order valence-electron chi connectivity index (χ4n) is 2.68. The molecule has 1 aromatic rings. The van der Waals surface area contributed by atoms with Crippen LogP contribution in [-0.4, -0.2) is 24.3 Å². The first kappa shape index (κ1) is 15.5. The maximum absolute atomic E-state index is 12.2. The quantitative estimate of drug-likeness (QED) is 0.848. The van der Waals surface area contributed by atoms with Gasteiger partial charge in [-0.3, -0.25) is 9.59 Å². The van der Waals surface area contributed by atoms with E-state index in [1.165, 1.54) is 19.3 Å². The lowest BCUT2D eigenvalue weighted by molar-refractivity contribution is -0.128. The summed E-state index contributed by atoms with van der Waals surface area (Å²) in [6.07, 6.45) is 5.85. The zero-order valence-corrected chi connectivity index (χ0v) is 12.7. The van der Waals surface area contributed by atoms with Crippen molar-refractivity contribution < 1.29 is 14.3 Å². The molecule has 1 unspecified atom stereocenters. The summed E-state index contributed by atoms with van der Waals surface area (Å²) >= 11 is 0. The maximum atomic E-state index is 12.2. The number of carbonyl (C=O) groups excluding carboxylic acids is 2. The van der Waals surface area contributed by atoms with Gasteiger partial charge < -0.3 is 10.1 Å². The van der Waals surface area contributed by atoms with Gasteiger partial charge in [0.1, 0.15) is 5.75 Å². The summed E-state index contributed by atoms with van der Waals surface area (Å²) in [5, 5.41) is 3.04. The minimum atomic E-state index is -0.603. The van der Waals surface area contributed by atoms with E-state index in [2.05, 4.69) is 5.32 Å². The monoisotopic (exact) mass is 289 g/mol. The van der Waals surface area contributed by atoms with Crippen molar-refractivity contribution in [3.63, 3.8) is 0 Å². The van der Waals surface area contributed by atoms with Gasteiger partial charge in [0.25, 0.3) is 5.91 Å². The Morgan fingerprint density at radius 1 is 1.33 bits per heavy atom. The summed E-state index contributed by atoms with van der Waals surface area (Å²) in [5.41, 5.74) is 1.47. The van der Waals surface area contributed by atoms with Gasteiger partial charge in [-0.1, -0.05) is 30.9 Å². The molecule has 1 atom stereocenters. The third kappa shape index (κ3) is 4.31. The van der Waals surface area contributed by atoms with Crippen molar-refractivity contribution >= 4 is 12.2 Å². The molecule has 1 saturated carbocycles. The highest BCUT2D eigenvalue weighted by Gasteiger charge is 2.21. The standard InChI is InChI=1S/C17H23NO3/c1-12-8-9-16(14(10-12)11-19)21-13(2)17(20)18-15-6-4-3-5-7-15/h8-11,13,15H,3-7H2,1-2H3,(H,18,20). The lowest BCUT2D eigenvalue weighted by Crippen LogP contribution is -2.43. The molecule has 0 bridgehead atoms. The molecule has 1 fully saturated rings. The van der Waals surface area contributed by atoms with E-state index >= 15 is 0 Å². The molecule has 1 aromatic carbocycles. The number of amides is 1. The molecule has 0 aromatic heterocycles. The number of benzene rings is 1. The van der Waals surface area contributed by atoms with Gasteiger partial charge in [-0.25, -0.2) is 0 Å². The molecule has 0 radical (unpaired) electrons. The van der Waals surface area contributed by atoms with Gasteiger partial charge in [-0.2, -0.15) is 0 Å². The Morgan fingerprint density at radius 2 is 2.05 bits per heavy atom. The van der Waals surface area contributed by atoms with Crippen molar-refractivity contribution in [1.29, 1.82) is 0 Å². The predicted octanol–water partition coefficient (Wildman–Crippen LogP) is 3.02. The number of carbonyl (C=O) groups is 2. The highest BCUT2D eigenvalue weighted by Crippen LogP contribution is 2.20. The number of ether oxygens (including phenoxy) is 1. The molecule has 0 heterocycles. The number of nitrogens with one attached hydrogen (secondary N) is 1. The first-order valence-corrected chi connectivity index (χ1v) is 7.63. The number of aryl methyl sites for hydroxylation is 1. The Hall–Kier alpha value is -1.84. The molecule has 114 valence electrons. The van der Waals surface area contributed by atoms with Crippen LogP contribution in [-0.2, 0) is 4.79 Å². The third-order valence-electron chi connectivity index (χ3n) is 3.92. The summed E-state index contributed by atoms with van der Waals surface area (Å²) < 4.78 is 5.65. The molecule has 0 aliphatic heterocycles. The Labute approximate surface area is 125 Å². The van der Waals surface area contributed by atoms with Crippen molar-refractivity contribution in [2.75, 3.05) is 0 Å². The van der Waals surface area contributed by atoms with E-state index in [0.717, 1.165) is 24.7 Å². The van der Waals surface area contributed by atoms with Gasteiger partial charge in [0.2, 0.25) is 0 Å². The summed E-state index contributed by atoms with van der Waals surface area (Å²) in [4.78, 5) is 23.2. The number of rotatable bonds is 5. The van der Waals surface area contributed by atoms with Crippen LogP contribution in [0, 0.1) is 6.92 Å². The van der Waals surface area contributed by atoms with Gasteiger partial charge in [-0.15, -0.1) is 0 Å². The van der Waals surface area contributed by atoms with Crippen LogP contribution in [0.5, 0.6) is 5.75 Å². The van der Waals surface area contributed by atoms with E-state index in [1.807, 2.05) is 13.0 Å². The van der Waals surface area contributed by atoms with Crippen molar-refractivity contribution in [2.45, 2.75) is 58.1 Å². The molecular formula is C17H23NO3. The molecule has 1 amide bonds. The second kappa shape index (κ2) is 7.25. The molecule has 0 saturated heterocycles. The largest absolute Gasteiger partial charge is 0.480 e. The topological polar surface area (TPSA) is 55.4 Å². The van der Waals surface area contributed by atoms with Crippen molar-refractivity contribution in [3.05, 3.63) is 29.3 Å². The fourth-order valence-corrected chi connectivity index (χ4v) is 2.68. The van der Waals surface area contributed by atoms with Crippen LogP contribution in [0.3, 0.4) is 0 Å². The van der Waals surface area contributed by atoms with Crippen LogP contribution in [0.15, 0.2) is 18.2 Å². The zero-order valence-electron chi connectivity index (χ0n) is 12.7. The van der Waals surface area contributed by atoms with E-state index in [0.29, 0.717) is 11.3 Å². The molecular weight excluding hydrogens is 266 g/mol. The third-order valence-corrected chi connectivity index (χ3v) is 3.92. The summed E-state index contributed by atoms with van der Waals surface area (Å²) in [7, 11) is 0. The predicted molar refractivity (Wildman–Crippen MR) is 81.7 cm³/mol. The van der Waals surface area contributed by atoms with Crippen LogP contribution in [0.2, 0.25) is 0 Å². The van der Waals surface area contributed by atoms with Crippen molar-refractivity contribution in [2.24, 2.45) is 0 Å². The molecule has 2 rings (SSSR count). The van der Waals surface area contributed by atoms with Gasteiger partial charge in [0, 0.05) is 6.04 Å². The molecule has 21 heavy (non-hydrogen) atoms. The van der Waals surface area contributed by atoms with Crippen LogP contribution in [0.4, 0.5) is 0 Å². The molecule has 1 aliphatic rings. The van der Waals surface area contributed by atoms with Gasteiger partial charge >= 0.3 is 0 Å². The first-order chi connectivity index (χ1) is 10.1. The van der Waals surface area contributed by atoms with E-state index in [4.69, 9.17) is 4.74 Å². The van der Waals surface area contributed by atoms with Gasteiger partial charge in [-0.05, 0) is 38.8 Å². The average molecular weight is 289 g/mol. The zero-order chi connectivity index (χ0) is 15.2. The number of hydrogen-bond acceptors (Lipinski definition) is 3. The summed E-state index contributed by atoms with van der Waals surface area (Å²) in [6, 6.07) is 5.63. The number of hydrogen-bond donors (Lipinski definition) is 1. The van der Waals surface area contributed by atoms with E-state index < -0.39 is 6.10 Å². The van der Waals surface area contributed by atoms with E-state index in [1.54, 1.807) is 19.1 Å². The lowest BCUT2D eigenvalue weighted by Gasteiger charge is -2.24. The molecule has 1 N–H and O–H groups in total. The second-order valence-electron chi connectivity index (χ2n) is 5.76. The summed E-state index contributed by atoms with van der Waals surface area (Å²) in [6.45, 7) is 3.63. The molecule has 1 aliphatic carbocycles. The van der Waals surface area contributed by atoms with E-state index in [-0.39, 0.29) is 11.9 Å². The highest BCUT2D eigenvalue weighted by atomic mass is 16.5. The summed E-state index contributed by atoms with van der Waals surface area (Å²) in [5.74, 6) is 0.348. The van der Waals surface area contributed by atoms with E-state index in [9.17, 15) is 9.59 Å². The van der Waals surface area contributed by atoms with Crippen LogP contribution in [0.25, 0.3) is 0 Å². The molecule has 0 spiro atoms. The van der Waals surface area contributed by atoms with Crippen LogP contribution >= 0.6 is 0 Å². The highest BCUT2D eigenvalue weighted by molar-refractivity contribution is 5.82. The Morgan fingerprint density at radius 3 is 2.71 bits per heavy atom. The van der Waals surface area contributed by atoms with Gasteiger partial charge in [0.05, 0.1) is 5.56 Å². The Kier molecular flexibility index (Phi) is 5.37. The Bertz CT molecular complexity index is 507. The minimum absolute atomic E-state index is 0.112. The smallest absolute Gasteiger partial charge is 0.260 e. The molecule has 4 heteroatoms. The molecule has 4 nitrogen and oxygen atoms in total. The average Bonchev–Trinajstić information content (AvgIpc) is 2.49. The minimum Gasteiger partial charge on any atom is -0.480 e. The fraction of sp³-hybridized carbons (Fsp3) is 0.529. The van der Waals surface area contributed by atoms with Crippen molar-refractivity contribution in [3.8, 4) is 5.75 Å². The SMILES string of the molecule is Cc1ccc(OC(C)C(=O)NC2CCCCC2)c(C=O)c1. The maximum Gasteiger partial charge on any atom is 0.260 e.